The molecule has 1 N–H and O–H groups in total. The molecule has 0 aliphatic heterocycles. The van der Waals surface area contributed by atoms with Crippen LogP contribution in [0.5, 0.6) is 0 Å². The first kappa shape index (κ1) is 48.0. The van der Waals surface area contributed by atoms with E-state index in [1.165, 1.54) is 141 Å². The van der Waals surface area contributed by atoms with E-state index in [4.69, 9.17) is 9.47 Å². The van der Waals surface area contributed by atoms with Gasteiger partial charge in [0, 0.05) is 19.4 Å². The molecule has 3 atom stereocenters. The van der Waals surface area contributed by atoms with Gasteiger partial charge in [-0.1, -0.05) is 156 Å². The maximum atomic E-state index is 12.8. The van der Waals surface area contributed by atoms with Crippen molar-refractivity contribution in [3.05, 3.63) is 0 Å². The van der Waals surface area contributed by atoms with E-state index in [1.807, 2.05) is 0 Å². The number of ether oxygens (including phenoxy) is 2. The van der Waals surface area contributed by atoms with Crippen molar-refractivity contribution < 1.29 is 24.2 Å². The standard InChI is InChI=1S/C47H89NO5/c1-4-7-10-12-13-20-27-36-52-46(50)30-23-16-14-18-25-34-48(40-41-37-44(49)38-41)35-26-19-15-17-24-31-47(51)53-45-33-32-42(28-21-9-6-3)43(39-45)29-22-11-8-5-2/h41-45,49H,4-40H2,1-3H3. The van der Waals surface area contributed by atoms with Crippen molar-refractivity contribution in [2.24, 2.45) is 17.8 Å². The Morgan fingerprint density at radius 2 is 1.04 bits per heavy atom. The van der Waals surface area contributed by atoms with Crippen LogP contribution in [0.2, 0.25) is 0 Å². The largest absolute Gasteiger partial charge is 0.466 e. The van der Waals surface area contributed by atoms with Gasteiger partial charge in [0.05, 0.1) is 12.7 Å². The van der Waals surface area contributed by atoms with Gasteiger partial charge in [-0.3, -0.25) is 9.59 Å². The fourth-order valence-electron chi connectivity index (χ4n) is 8.96. The smallest absolute Gasteiger partial charge is 0.306 e. The average molecular weight is 748 g/mol. The molecule has 2 saturated carbocycles. The molecule has 0 saturated heterocycles. The van der Waals surface area contributed by atoms with Crippen LogP contribution >= 0.6 is 0 Å². The van der Waals surface area contributed by atoms with Gasteiger partial charge in [-0.25, -0.2) is 0 Å². The number of aliphatic hydroxyl groups excluding tert-OH is 1. The lowest BCUT2D eigenvalue weighted by Gasteiger charge is -2.36. The minimum Gasteiger partial charge on any atom is -0.466 e. The number of esters is 2. The zero-order valence-corrected chi connectivity index (χ0v) is 35.6. The Balaban J connectivity index is 1.52. The second-order valence-electron chi connectivity index (χ2n) is 17.5. The van der Waals surface area contributed by atoms with Gasteiger partial charge < -0.3 is 19.5 Å². The summed E-state index contributed by atoms with van der Waals surface area (Å²) in [6, 6.07) is 0. The molecular weight excluding hydrogens is 659 g/mol. The van der Waals surface area contributed by atoms with E-state index in [0.717, 1.165) is 89.3 Å². The van der Waals surface area contributed by atoms with Crippen molar-refractivity contribution in [2.75, 3.05) is 26.2 Å². The van der Waals surface area contributed by atoms with Crippen molar-refractivity contribution in [1.82, 2.24) is 4.90 Å². The van der Waals surface area contributed by atoms with Crippen LogP contribution in [0.3, 0.4) is 0 Å². The lowest BCUT2D eigenvalue weighted by atomic mass is 9.73. The summed E-state index contributed by atoms with van der Waals surface area (Å²) in [7, 11) is 0. The molecule has 53 heavy (non-hydrogen) atoms. The van der Waals surface area contributed by atoms with Gasteiger partial charge in [-0.05, 0) is 95.1 Å². The average Bonchev–Trinajstić information content (AvgIpc) is 3.13. The summed E-state index contributed by atoms with van der Waals surface area (Å²) in [5, 5.41) is 9.82. The SMILES string of the molecule is CCCCCCCCCOC(=O)CCCCCCCN(CCCCCCCC(=O)OC1CCC(CCCCC)C(CCCCCC)C1)CC1CC(O)C1. The Bertz CT molecular complexity index is 860. The van der Waals surface area contributed by atoms with Gasteiger partial charge in [0.25, 0.3) is 0 Å². The summed E-state index contributed by atoms with van der Waals surface area (Å²) in [5.41, 5.74) is 0. The molecule has 6 heteroatoms. The van der Waals surface area contributed by atoms with Crippen LogP contribution in [0.4, 0.5) is 0 Å². The third-order valence-corrected chi connectivity index (χ3v) is 12.4. The summed E-state index contributed by atoms with van der Waals surface area (Å²) in [5.74, 6) is 2.26. The second-order valence-corrected chi connectivity index (χ2v) is 17.5. The quantitative estimate of drug-likeness (QED) is 0.0508. The van der Waals surface area contributed by atoms with Crippen LogP contribution in [0.15, 0.2) is 0 Å². The minimum atomic E-state index is -0.0849. The normalized spacial score (nSPS) is 21.5. The number of unbranched alkanes of at least 4 members (excludes halogenated alkanes) is 19. The summed E-state index contributed by atoms with van der Waals surface area (Å²) in [6.45, 7) is 10.8. The molecule has 0 spiro atoms. The highest BCUT2D eigenvalue weighted by molar-refractivity contribution is 5.69. The van der Waals surface area contributed by atoms with Gasteiger partial charge in [0.2, 0.25) is 0 Å². The predicted molar refractivity (Wildman–Crippen MR) is 223 cm³/mol. The summed E-state index contributed by atoms with van der Waals surface area (Å²) in [4.78, 5) is 27.5. The summed E-state index contributed by atoms with van der Waals surface area (Å²) < 4.78 is 11.5. The van der Waals surface area contributed by atoms with E-state index in [2.05, 4.69) is 25.7 Å². The fourth-order valence-corrected chi connectivity index (χ4v) is 8.96. The molecule has 2 rings (SSSR count). The molecule has 0 bridgehead atoms. The topological polar surface area (TPSA) is 76.1 Å². The van der Waals surface area contributed by atoms with Crippen LogP contribution in [0, 0.1) is 17.8 Å². The monoisotopic (exact) mass is 748 g/mol. The van der Waals surface area contributed by atoms with Gasteiger partial charge in [-0.2, -0.15) is 0 Å². The van der Waals surface area contributed by atoms with Crippen molar-refractivity contribution in [3.8, 4) is 0 Å². The molecule has 2 aliphatic rings. The Kier molecular flexibility index (Phi) is 29.9. The van der Waals surface area contributed by atoms with E-state index in [1.54, 1.807) is 0 Å². The number of hydrogen-bond donors (Lipinski definition) is 1. The van der Waals surface area contributed by atoms with Gasteiger partial charge in [0.15, 0.2) is 0 Å². The predicted octanol–water partition coefficient (Wildman–Crippen LogP) is 12.9. The van der Waals surface area contributed by atoms with Gasteiger partial charge in [0.1, 0.15) is 6.10 Å². The third kappa shape index (κ3) is 25.6. The maximum Gasteiger partial charge on any atom is 0.306 e. The van der Waals surface area contributed by atoms with E-state index in [0.29, 0.717) is 25.4 Å². The highest BCUT2D eigenvalue weighted by atomic mass is 16.5. The molecule has 312 valence electrons. The van der Waals surface area contributed by atoms with E-state index in [9.17, 15) is 14.7 Å². The molecule has 0 aromatic carbocycles. The van der Waals surface area contributed by atoms with Crippen molar-refractivity contribution in [2.45, 2.75) is 245 Å². The number of nitrogens with zero attached hydrogens (tertiary/aromatic N) is 1. The molecule has 3 unspecified atom stereocenters. The maximum absolute atomic E-state index is 12.8. The first-order chi connectivity index (χ1) is 25.9. The minimum absolute atomic E-state index is 0.0169. The molecule has 0 radical (unpaired) electrons. The van der Waals surface area contributed by atoms with Crippen LogP contribution < -0.4 is 0 Å². The molecular formula is C47H89NO5. The Morgan fingerprint density at radius 1 is 0.547 bits per heavy atom. The first-order valence-corrected chi connectivity index (χ1v) is 23.7. The Hall–Kier alpha value is -1.14. The second kappa shape index (κ2) is 33.0. The number of carbonyl (C=O) groups is 2. The van der Waals surface area contributed by atoms with Gasteiger partial charge >= 0.3 is 11.9 Å². The van der Waals surface area contributed by atoms with Crippen LogP contribution in [-0.2, 0) is 19.1 Å². The zero-order chi connectivity index (χ0) is 38.2. The van der Waals surface area contributed by atoms with E-state index >= 15 is 0 Å². The summed E-state index contributed by atoms with van der Waals surface area (Å²) in [6.07, 6.45) is 38.6. The molecule has 2 fully saturated rings. The Labute approximate surface area is 329 Å². The van der Waals surface area contributed by atoms with Crippen LogP contribution in [-0.4, -0.2) is 60.4 Å². The number of hydrogen-bond acceptors (Lipinski definition) is 6. The van der Waals surface area contributed by atoms with Crippen molar-refractivity contribution in [1.29, 1.82) is 0 Å². The number of aliphatic hydroxyl groups is 1. The highest BCUT2D eigenvalue weighted by Crippen LogP contribution is 2.38. The van der Waals surface area contributed by atoms with Crippen molar-refractivity contribution in [3.63, 3.8) is 0 Å². The summed E-state index contributed by atoms with van der Waals surface area (Å²) >= 11 is 0. The fraction of sp³-hybridized carbons (Fsp3) is 0.957. The molecule has 0 heterocycles. The lowest BCUT2D eigenvalue weighted by Crippen LogP contribution is -2.39. The molecule has 0 amide bonds. The molecule has 6 nitrogen and oxygen atoms in total. The zero-order valence-electron chi connectivity index (χ0n) is 35.6. The van der Waals surface area contributed by atoms with Crippen LogP contribution in [0.25, 0.3) is 0 Å². The van der Waals surface area contributed by atoms with E-state index < -0.39 is 0 Å². The van der Waals surface area contributed by atoms with Crippen LogP contribution in [0.1, 0.15) is 233 Å². The third-order valence-electron chi connectivity index (χ3n) is 12.4. The number of carbonyl (C=O) groups excluding carboxylic acids is 2. The molecule has 0 aromatic rings. The number of rotatable bonds is 36. The highest BCUT2D eigenvalue weighted by Gasteiger charge is 2.32. The van der Waals surface area contributed by atoms with Gasteiger partial charge in [-0.15, -0.1) is 0 Å². The van der Waals surface area contributed by atoms with Crippen molar-refractivity contribution >= 4 is 11.9 Å². The molecule has 0 aromatic heterocycles. The Morgan fingerprint density at radius 3 is 1.66 bits per heavy atom. The molecule has 2 aliphatic carbocycles. The lowest BCUT2D eigenvalue weighted by molar-refractivity contribution is -0.152. The first-order valence-electron chi connectivity index (χ1n) is 23.7. The van der Waals surface area contributed by atoms with E-state index in [-0.39, 0.29) is 24.1 Å².